The molecule has 0 amide bonds. The van der Waals surface area contributed by atoms with Gasteiger partial charge in [-0.05, 0) is 30.4 Å². The van der Waals surface area contributed by atoms with Gasteiger partial charge in [-0.15, -0.1) is 0 Å². The van der Waals surface area contributed by atoms with E-state index in [-0.39, 0.29) is 5.84 Å². The highest BCUT2D eigenvalue weighted by Gasteiger charge is 2.27. The minimum Gasteiger partial charge on any atom is -0.382 e. The van der Waals surface area contributed by atoms with Gasteiger partial charge in [-0.3, -0.25) is 5.41 Å². The Morgan fingerprint density at radius 1 is 1.47 bits per heavy atom. The minimum absolute atomic E-state index is 0.0307. The summed E-state index contributed by atoms with van der Waals surface area (Å²) in [4.78, 5) is 6.73. The molecule has 0 atom stereocenters. The third-order valence-electron chi connectivity index (χ3n) is 3.23. The molecule has 3 N–H and O–H groups in total. The molecule has 1 aliphatic heterocycles. The van der Waals surface area contributed by atoms with Crippen molar-refractivity contribution in [1.82, 2.24) is 4.98 Å². The lowest BCUT2D eigenvalue weighted by Gasteiger charge is -2.38. The Morgan fingerprint density at radius 2 is 2.24 bits per heavy atom. The summed E-state index contributed by atoms with van der Waals surface area (Å²) in [5.74, 6) is 0.966. The van der Waals surface area contributed by atoms with Gasteiger partial charge in [0.2, 0.25) is 0 Å². The molecular weight excluding hydrogens is 212 g/mol. The Balaban J connectivity index is 2.22. The van der Waals surface area contributed by atoms with Crippen LogP contribution in [0.2, 0.25) is 0 Å². The number of hydrogen-bond donors (Lipinski definition) is 2. The molecule has 1 aromatic heterocycles. The van der Waals surface area contributed by atoms with Gasteiger partial charge in [0.25, 0.3) is 0 Å². The molecule has 1 aromatic rings. The maximum Gasteiger partial charge on any atom is 0.141 e. The lowest BCUT2D eigenvalue weighted by Crippen LogP contribution is -2.40. The predicted molar refractivity (Wildman–Crippen MR) is 70.5 cm³/mol. The zero-order valence-corrected chi connectivity index (χ0v) is 10.5. The number of aromatic nitrogens is 1. The average Bonchev–Trinajstić information content (AvgIpc) is 2.28. The number of nitrogens with one attached hydrogen (secondary N) is 1. The van der Waals surface area contributed by atoms with Gasteiger partial charge in [0.05, 0.1) is 0 Å². The van der Waals surface area contributed by atoms with Crippen LogP contribution >= 0.6 is 0 Å². The first-order chi connectivity index (χ1) is 7.98. The largest absolute Gasteiger partial charge is 0.382 e. The molecule has 0 saturated carbocycles. The van der Waals surface area contributed by atoms with Crippen LogP contribution in [0.25, 0.3) is 0 Å². The van der Waals surface area contributed by atoms with E-state index in [2.05, 4.69) is 23.7 Å². The van der Waals surface area contributed by atoms with Crippen LogP contribution in [0, 0.1) is 10.8 Å². The molecule has 0 bridgehead atoms. The number of nitrogens with two attached hydrogens (primary N) is 1. The number of amidine groups is 1. The van der Waals surface area contributed by atoms with E-state index in [4.69, 9.17) is 11.1 Å². The molecule has 1 fully saturated rings. The van der Waals surface area contributed by atoms with E-state index in [1.165, 1.54) is 12.8 Å². The number of pyridine rings is 1. The summed E-state index contributed by atoms with van der Waals surface area (Å²) in [6.45, 7) is 6.63. The Bertz CT molecular complexity index is 425. The molecule has 0 aromatic carbocycles. The van der Waals surface area contributed by atoms with Gasteiger partial charge in [0, 0.05) is 13.1 Å². The quantitative estimate of drug-likeness (QED) is 0.605. The van der Waals surface area contributed by atoms with Crippen LogP contribution in [0.4, 0.5) is 5.82 Å². The molecule has 1 saturated heterocycles. The SMILES string of the molecule is CC1(C)CCCN(c2cccc(C(=N)N)n2)C1. The van der Waals surface area contributed by atoms with Gasteiger partial charge >= 0.3 is 0 Å². The average molecular weight is 232 g/mol. The summed E-state index contributed by atoms with van der Waals surface area (Å²) < 4.78 is 0. The van der Waals surface area contributed by atoms with Crippen LogP contribution in [0.1, 0.15) is 32.4 Å². The first kappa shape index (κ1) is 11.9. The fraction of sp³-hybridized carbons (Fsp3) is 0.538. The van der Waals surface area contributed by atoms with Crippen molar-refractivity contribution < 1.29 is 0 Å². The summed E-state index contributed by atoms with van der Waals surface area (Å²) in [6, 6.07) is 5.69. The van der Waals surface area contributed by atoms with Crippen molar-refractivity contribution in [3.8, 4) is 0 Å². The van der Waals surface area contributed by atoms with E-state index in [0.29, 0.717) is 11.1 Å². The molecule has 17 heavy (non-hydrogen) atoms. The van der Waals surface area contributed by atoms with Crippen molar-refractivity contribution in [2.24, 2.45) is 11.1 Å². The standard InChI is InChI=1S/C13H20N4/c1-13(2)7-4-8-17(9-13)11-6-3-5-10(16-11)12(14)15/h3,5-6H,4,7-9H2,1-2H3,(H3,14,15). The second kappa shape index (κ2) is 4.35. The van der Waals surface area contributed by atoms with Crippen LogP contribution in [0.15, 0.2) is 18.2 Å². The summed E-state index contributed by atoms with van der Waals surface area (Å²) in [7, 11) is 0. The number of rotatable bonds is 2. The normalized spacial score (nSPS) is 19.1. The van der Waals surface area contributed by atoms with Crippen LogP contribution < -0.4 is 10.6 Å². The van der Waals surface area contributed by atoms with Crippen molar-refractivity contribution in [2.75, 3.05) is 18.0 Å². The Labute approximate surface area is 102 Å². The number of piperidine rings is 1. The molecule has 1 aliphatic rings. The van der Waals surface area contributed by atoms with Crippen molar-refractivity contribution in [3.05, 3.63) is 23.9 Å². The molecule has 2 rings (SSSR count). The monoisotopic (exact) mass is 232 g/mol. The fourth-order valence-corrected chi connectivity index (χ4v) is 2.37. The predicted octanol–water partition coefficient (Wildman–Crippen LogP) is 1.99. The topological polar surface area (TPSA) is 66.0 Å². The summed E-state index contributed by atoms with van der Waals surface area (Å²) in [5, 5.41) is 7.42. The van der Waals surface area contributed by atoms with Crippen molar-refractivity contribution >= 4 is 11.7 Å². The van der Waals surface area contributed by atoms with Gasteiger partial charge in [-0.1, -0.05) is 19.9 Å². The zero-order chi connectivity index (χ0) is 12.5. The molecule has 4 nitrogen and oxygen atoms in total. The Hall–Kier alpha value is -1.58. The van der Waals surface area contributed by atoms with Crippen molar-refractivity contribution in [2.45, 2.75) is 26.7 Å². The van der Waals surface area contributed by atoms with Gasteiger partial charge in [0.1, 0.15) is 17.3 Å². The number of nitrogen functional groups attached to an aromatic ring is 1. The van der Waals surface area contributed by atoms with Crippen LogP contribution in [-0.2, 0) is 0 Å². The van der Waals surface area contributed by atoms with E-state index in [1.54, 1.807) is 6.07 Å². The summed E-state index contributed by atoms with van der Waals surface area (Å²) >= 11 is 0. The van der Waals surface area contributed by atoms with Crippen molar-refractivity contribution in [1.29, 1.82) is 5.41 Å². The molecule has 92 valence electrons. The van der Waals surface area contributed by atoms with Gasteiger partial charge in [0.15, 0.2) is 0 Å². The Morgan fingerprint density at radius 3 is 2.88 bits per heavy atom. The van der Waals surface area contributed by atoms with Gasteiger partial charge in [-0.2, -0.15) is 0 Å². The van der Waals surface area contributed by atoms with Gasteiger partial charge < -0.3 is 10.6 Å². The molecule has 0 unspecified atom stereocenters. The molecule has 0 spiro atoms. The van der Waals surface area contributed by atoms with E-state index in [9.17, 15) is 0 Å². The lowest BCUT2D eigenvalue weighted by molar-refractivity contribution is 0.292. The lowest BCUT2D eigenvalue weighted by atomic mass is 9.84. The third kappa shape index (κ3) is 2.75. The van der Waals surface area contributed by atoms with Crippen molar-refractivity contribution in [3.63, 3.8) is 0 Å². The third-order valence-corrected chi connectivity index (χ3v) is 3.23. The molecule has 0 radical (unpaired) electrons. The molecular formula is C13H20N4. The van der Waals surface area contributed by atoms with Gasteiger partial charge in [-0.25, -0.2) is 4.98 Å². The zero-order valence-electron chi connectivity index (χ0n) is 10.5. The summed E-state index contributed by atoms with van der Waals surface area (Å²) in [6.07, 6.45) is 2.45. The van der Waals surface area contributed by atoms with E-state index < -0.39 is 0 Å². The number of anilines is 1. The number of hydrogen-bond acceptors (Lipinski definition) is 3. The number of nitrogens with zero attached hydrogens (tertiary/aromatic N) is 2. The first-order valence-corrected chi connectivity index (χ1v) is 6.04. The first-order valence-electron chi connectivity index (χ1n) is 6.04. The smallest absolute Gasteiger partial charge is 0.141 e. The van der Waals surface area contributed by atoms with E-state index in [1.807, 2.05) is 12.1 Å². The molecule has 2 heterocycles. The highest BCUT2D eigenvalue weighted by Crippen LogP contribution is 2.30. The van der Waals surface area contributed by atoms with Crippen LogP contribution in [-0.4, -0.2) is 23.9 Å². The maximum absolute atomic E-state index is 7.42. The minimum atomic E-state index is 0.0307. The highest BCUT2D eigenvalue weighted by molar-refractivity contribution is 5.93. The second-order valence-corrected chi connectivity index (χ2v) is 5.48. The van der Waals surface area contributed by atoms with E-state index >= 15 is 0 Å². The van der Waals surface area contributed by atoms with Crippen LogP contribution in [0.3, 0.4) is 0 Å². The highest BCUT2D eigenvalue weighted by atomic mass is 15.2. The summed E-state index contributed by atoms with van der Waals surface area (Å²) in [5.41, 5.74) is 6.37. The molecule has 4 heteroatoms. The fourth-order valence-electron chi connectivity index (χ4n) is 2.37. The second-order valence-electron chi connectivity index (χ2n) is 5.48. The van der Waals surface area contributed by atoms with Crippen LogP contribution in [0.5, 0.6) is 0 Å². The maximum atomic E-state index is 7.42. The Kier molecular flexibility index (Phi) is 3.05. The van der Waals surface area contributed by atoms with E-state index in [0.717, 1.165) is 18.9 Å². The molecule has 0 aliphatic carbocycles.